The lowest BCUT2D eigenvalue weighted by molar-refractivity contribution is -0.131. The summed E-state index contributed by atoms with van der Waals surface area (Å²) in [5.74, 6) is 0.731. The number of rotatable bonds is 5. The number of Topliss-reactive ketones (excluding diaryl/α,β-unsaturated/α-hetero) is 1. The maximum absolute atomic E-state index is 12.4. The smallest absolute Gasteiger partial charge is 0.226 e. The van der Waals surface area contributed by atoms with E-state index in [4.69, 9.17) is 9.47 Å². The molecule has 0 spiro atoms. The monoisotopic (exact) mass is 360 g/mol. The largest absolute Gasteiger partial charge is 0.486 e. The minimum absolute atomic E-state index is 0.110. The van der Waals surface area contributed by atoms with Gasteiger partial charge in [0, 0.05) is 37.6 Å². The zero-order valence-corrected chi connectivity index (χ0v) is 15.0. The van der Waals surface area contributed by atoms with Crippen LogP contribution in [0.3, 0.4) is 0 Å². The van der Waals surface area contributed by atoms with Crippen LogP contribution >= 0.6 is 0 Å². The van der Waals surface area contributed by atoms with Gasteiger partial charge in [0.1, 0.15) is 13.2 Å². The molecule has 7 heteroatoms. The average molecular weight is 360 g/mol. The predicted molar refractivity (Wildman–Crippen MR) is 95.7 cm³/mol. The molecule has 3 rings (SSSR count). The van der Waals surface area contributed by atoms with Crippen molar-refractivity contribution in [1.82, 2.24) is 4.90 Å². The predicted octanol–water partition coefficient (Wildman–Crippen LogP) is 2.39. The van der Waals surface area contributed by atoms with Crippen LogP contribution in [-0.4, -0.2) is 48.8 Å². The van der Waals surface area contributed by atoms with E-state index in [0.29, 0.717) is 55.5 Å². The molecule has 2 heterocycles. The van der Waals surface area contributed by atoms with Gasteiger partial charge in [-0.3, -0.25) is 14.4 Å². The lowest BCUT2D eigenvalue weighted by Gasteiger charge is -2.22. The molecule has 26 heavy (non-hydrogen) atoms. The Balaban J connectivity index is 1.66. The fourth-order valence-corrected chi connectivity index (χ4v) is 3.21. The number of anilines is 1. The summed E-state index contributed by atoms with van der Waals surface area (Å²) in [7, 11) is 0. The van der Waals surface area contributed by atoms with Crippen molar-refractivity contribution in [2.45, 2.75) is 39.0 Å². The van der Waals surface area contributed by atoms with Gasteiger partial charge >= 0.3 is 0 Å². The van der Waals surface area contributed by atoms with Crippen molar-refractivity contribution in [3.05, 3.63) is 17.7 Å². The number of nitrogens with one attached hydrogen (secondary N) is 1. The molecular formula is C19H24N2O5. The van der Waals surface area contributed by atoms with Crippen molar-refractivity contribution in [1.29, 1.82) is 0 Å². The minimum Gasteiger partial charge on any atom is -0.486 e. The third-order valence-electron chi connectivity index (χ3n) is 4.62. The lowest BCUT2D eigenvalue weighted by atomic mass is 10.1. The van der Waals surface area contributed by atoms with E-state index in [0.717, 1.165) is 19.3 Å². The number of hydrogen-bond donors (Lipinski definition) is 1. The minimum atomic E-state index is -0.235. The third-order valence-corrected chi connectivity index (χ3v) is 4.62. The van der Waals surface area contributed by atoms with Gasteiger partial charge < -0.3 is 19.7 Å². The van der Waals surface area contributed by atoms with Crippen LogP contribution in [0, 0.1) is 0 Å². The molecule has 1 aromatic rings. The maximum atomic E-state index is 12.4. The Morgan fingerprint density at radius 3 is 2.58 bits per heavy atom. The number of carbonyl (C=O) groups excluding carboxylic acids is 3. The molecule has 1 aromatic carbocycles. The number of benzene rings is 1. The SMILES string of the molecule is CC(=O)c1cc2c(cc1NC(=O)CCN1CCCCCC1=O)OCCO2. The zero-order valence-electron chi connectivity index (χ0n) is 15.0. The van der Waals surface area contributed by atoms with Gasteiger partial charge in [-0.15, -0.1) is 0 Å². The molecule has 0 bridgehead atoms. The number of nitrogens with zero attached hydrogens (tertiary/aromatic N) is 1. The second-order valence-corrected chi connectivity index (χ2v) is 6.59. The van der Waals surface area contributed by atoms with E-state index in [2.05, 4.69) is 5.32 Å². The second-order valence-electron chi connectivity index (χ2n) is 6.59. The van der Waals surface area contributed by atoms with Crippen LogP contribution in [-0.2, 0) is 9.59 Å². The maximum Gasteiger partial charge on any atom is 0.226 e. The van der Waals surface area contributed by atoms with Gasteiger partial charge in [-0.25, -0.2) is 0 Å². The highest BCUT2D eigenvalue weighted by Gasteiger charge is 2.21. The molecule has 1 fully saturated rings. The molecule has 0 saturated carbocycles. The van der Waals surface area contributed by atoms with Gasteiger partial charge in [0.2, 0.25) is 11.8 Å². The van der Waals surface area contributed by atoms with E-state index in [1.807, 2.05) is 0 Å². The van der Waals surface area contributed by atoms with Gasteiger partial charge in [0.05, 0.1) is 5.69 Å². The van der Waals surface area contributed by atoms with Crippen molar-refractivity contribution in [2.75, 3.05) is 31.6 Å². The molecule has 0 aliphatic carbocycles. The highest BCUT2D eigenvalue weighted by Crippen LogP contribution is 2.35. The van der Waals surface area contributed by atoms with Crippen molar-refractivity contribution in [3.63, 3.8) is 0 Å². The first-order valence-corrected chi connectivity index (χ1v) is 9.07. The van der Waals surface area contributed by atoms with E-state index in [1.165, 1.54) is 6.92 Å². The summed E-state index contributed by atoms with van der Waals surface area (Å²) >= 11 is 0. The zero-order chi connectivity index (χ0) is 18.5. The second kappa shape index (κ2) is 8.21. The van der Waals surface area contributed by atoms with Crippen LogP contribution in [0.4, 0.5) is 5.69 Å². The fourth-order valence-electron chi connectivity index (χ4n) is 3.21. The average Bonchev–Trinajstić information content (AvgIpc) is 2.83. The molecule has 2 amide bonds. The van der Waals surface area contributed by atoms with Crippen LogP contribution in [0.1, 0.15) is 49.4 Å². The Hall–Kier alpha value is -2.57. The molecule has 0 radical (unpaired) electrons. The number of carbonyl (C=O) groups is 3. The van der Waals surface area contributed by atoms with Crippen LogP contribution in [0.2, 0.25) is 0 Å². The van der Waals surface area contributed by atoms with Crippen LogP contribution in [0.25, 0.3) is 0 Å². The van der Waals surface area contributed by atoms with Crippen molar-refractivity contribution >= 4 is 23.3 Å². The first kappa shape index (κ1) is 18.2. The van der Waals surface area contributed by atoms with Gasteiger partial charge in [0.15, 0.2) is 17.3 Å². The quantitative estimate of drug-likeness (QED) is 0.815. The standard InChI is InChI=1S/C19H24N2O5/c1-13(22)14-11-16-17(26-10-9-25-16)12-15(14)20-18(23)6-8-21-7-4-2-3-5-19(21)24/h11-12H,2-10H2,1H3,(H,20,23). The fraction of sp³-hybridized carbons (Fsp3) is 0.526. The summed E-state index contributed by atoms with van der Waals surface area (Å²) in [5, 5.41) is 2.78. The third kappa shape index (κ3) is 4.33. The summed E-state index contributed by atoms with van der Waals surface area (Å²) in [6.45, 7) is 3.40. The van der Waals surface area contributed by atoms with Crippen molar-refractivity contribution < 1.29 is 23.9 Å². The van der Waals surface area contributed by atoms with Gasteiger partial charge in [0.25, 0.3) is 0 Å². The van der Waals surface area contributed by atoms with Crippen LogP contribution in [0.5, 0.6) is 11.5 Å². The highest BCUT2D eigenvalue weighted by molar-refractivity contribution is 6.04. The van der Waals surface area contributed by atoms with Crippen molar-refractivity contribution in [3.8, 4) is 11.5 Å². The molecule has 1 N–H and O–H groups in total. The van der Waals surface area contributed by atoms with E-state index < -0.39 is 0 Å². The van der Waals surface area contributed by atoms with Crippen LogP contribution < -0.4 is 14.8 Å². The summed E-state index contributed by atoms with van der Waals surface area (Å²) in [6, 6.07) is 3.23. The number of fused-ring (bicyclic) bond motifs is 1. The number of likely N-dealkylation sites (tertiary alicyclic amines) is 1. The number of amides is 2. The topological polar surface area (TPSA) is 84.9 Å². The van der Waals surface area contributed by atoms with Gasteiger partial charge in [-0.2, -0.15) is 0 Å². The van der Waals surface area contributed by atoms with E-state index in [9.17, 15) is 14.4 Å². The first-order chi connectivity index (χ1) is 12.5. The van der Waals surface area contributed by atoms with Gasteiger partial charge in [-0.05, 0) is 25.8 Å². The molecular weight excluding hydrogens is 336 g/mol. The molecule has 7 nitrogen and oxygen atoms in total. The Kier molecular flexibility index (Phi) is 5.75. The lowest BCUT2D eigenvalue weighted by Crippen LogP contribution is -2.33. The Labute approximate surface area is 152 Å². The van der Waals surface area contributed by atoms with Crippen LogP contribution in [0.15, 0.2) is 12.1 Å². The van der Waals surface area contributed by atoms with E-state index >= 15 is 0 Å². The highest BCUT2D eigenvalue weighted by atomic mass is 16.6. The molecule has 0 aromatic heterocycles. The van der Waals surface area contributed by atoms with Crippen molar-refractivity contribution in [2.24, 2.45) is 0 Å². The number of ketones is 1. The summed E-state index contributed by atoms with van der Waals surface area (Å²) < 4.78 is 11.0. The normalized spacial score (nSPS) is 16.8. The Morgan fingerprint density at radius 2 is 1.85 bits per heavy atom. The Bertz CT molecular complexity index is 716. The van der Waals surface area contributed by atoms with E-state index in [-0.39, 0.29) is 24.0 Å². The summed E-state index contributed by atoms with van der Waals surface area (Å²) in [4.78, 5) is 38.0. The molecule has 2 aliphatic rings. The van der Waals surface area contributed by atoms with Gasteiger partial charge in [-0.1, -0.05) is 6.42 Å². The number of ether oxygens (including phenoxy) is 2. The summed E-state index contributed by atoms with van der Waals surface area (Å²) in [6.07, 6.45) is 3.69. The molecule has 140 valence electrons. The summed E-state index contributed by atoms with van der Waals surface area (Å²) in [5.41, 5.74) is 0.794. The number of hydrogen-bond acceptors (Lipinski definition) is 5. The molecule has 0 atom stereocenters. The molecule has 2 aliphatic heterocycles. The molecule has 0 unspecified atom stereocenters. The van der Waals surface area contributed by atoms with E-state index in [1.54, 1.807) is 17.0 Å². The Morgan fingerprint density at radius 1 is 1.12 bits per heavy atom. The molecule has 1 saturated heterocycles. The first-order valence-electron chi connectivity index (χ1n) is 9.07.